The van der Waals surface area contributed by atoms with Crippen molar-refractivity contribution in [1.29, 1.82) is 0 Å². The predicted molar refractivity (Wildman–Crippen MR) is 92.0 cm³/mol. The Bertz CT molecular complexity index is 763. The van der Waals surface area contributed by atoms with Crippen molar-refractivity contribution in [3.05, 3.63) is 52.7 Å². The lowest BCUT2D eigenvalue weighted by Crippen LogP contribution is -1.92. The molecule has 3 aromatic heterocycles. The van der Waals surface area contributed by atoms with Crippen LogP contribution >= 0.6 is 34.0 Å². The lowest BCUT2D eigenvalue weighted by molar-refractivity contribution is -0.134. The summed E-state index contributed by atoms with van der Waals surface area (Å²) in [6, 6.07) is 12.6. The first-order valence-electron chi connectivity index (χ1n) is 6.26. The molecular weight excluding hydrogens is 320 g/mol. The van der Waals surface area contributed by atoms with E-state index < -0.39 is 0 Å². The maximum absolute atomic E-state index is 11.1. The van der Waals surface area contributed by atoms with Crippen molar-refractivity contribution in [1.82, 2.24) is 0 Å². The van der Waals surface area contributed by atoms with E-state index in [1.165, 1.54) is 32.7 Å². The van der Waals surface area contributed by atoms with Crippen molar-refractivity contribution in [2.75, 3.05) is 7.11 Å². The predicted octanol–water partition coefficient (Wildman–Crippen LogP) is 5.39. The van der Waals surface area contributed by atoms with Crippen LogP contribution in [-0.4, -0.2) is 13.1 Å². The minimum Gasteiger partial charge on any atom is -0.466 e. The van der Waals surface area contributed by atoms with E-state index in [1.54, 1.807) is 40.1 Å². The van der Waals surface area contributed by atoms with E-state index in [2.05, 4.69) is 40.4 Å². The molecule has 0 saturated heterocycles. The van der Waals surface area contributed by atoms with Crippen LogP contribution in [0.15, 0.2) is 47.9 Å². The molecule has 0 aliphatic carbocycles. The van der Waals surface area contributed by atoms with E-state index >= 15 is 0 Å². The summed E-state index contributed by atoms with van der Waals surface area (Å²) in [5, 5.41) is 2.09. The second kappa shape index (κ2) is 6.39. The highest BCUT2D eigenvalue weighted by Gasteiger charge is 2.07. The van der Waals surface area contributed by atoms with Gasteiger partial charge in [-0.2, -0.15) is 0 Å². The van der Waals surface area contributed by atoms with Gasteiger partial charge in [0.25, 0.3) is 0 Å². The fraction of sp³-hybridized carbons (Fsp3) is 0.0625. The number of esters is 1. The van der Waals surface area contributed by atoms with Gasteiger partial charge in [-0.15, -0.1) is 34.0 Å². The molecule has 0 spiro atoms. The molecule has 0 N–H and O–H groups in total. The van der Waals surface area contributed by atoms with Crippen LogP contribution in [0.3, 0.4) is 0 Å². The number of hydrogen-bond donors (Lipinski definition) is 0. The zero-order valence-electron chi connectivity index (χ0n) is 11.2. The molecule has 3 rings (SSSR count). The number of ether oxygens (including phenoxy) is 1. The van der Waals surface area contributed by atoms with Gasteiger partial charge in [0.15, 0.2) is 0 Å². The van der Waals surface area contributed by atoms with Crippen LogP contribution in [0.25, 0.3) is 25.6 Å². The molecule has 0 saturated carbocycles. The first kappa shape index (κ1) is 14.3. The molecule has 5 heteroatoms. The quantitative estimate of drug-likeness (QED) is 0.473. The molecule has 0 aliphatic rings. The van der Waals surface area contributed by atoms with Gasteiger partial charge in [0.1, 0.15) is 0 Å². The molecule has 106 valence electrons. The summed E-state index contributed by atoms with van der Waals surface area (Å²) >= 11 is 5.21. The van der Waals surface area contributed by atoms with Gasteiger partial charge in [0.05, 0.1) is 7.11 Å². The first-order chi connectivity index (χ1) is 10.3. The Morgan fingerprint density at radius 1 is 1.00 bits per heavy atom. The average Bonchev–Trinajstić information content (AvgIpc) is 3.23. The van der Waals surface area contributed by atoms with Gasteiger partial charge in [-0.05, 0) is 41.8 Å². The molecule has 0 amide bonds. The van der Waals surface area contributed by atoms with Crippen LogP contribution < -0.4 is 0 Å². The minimum atomic E-state index is -0.332. The smallest absolute Gasteiger partial charge is 0.330 e. The third-order valence-electron chi connectivity index (χ3n) is 2.82. The minimum absolute atomic E-state index is 0.332. The Hall–Kier alpha value is -1.69. The standard InChI is InChI=1S/C16H12O2S3/c1-18-16(17)9-5-11-4-6-14(20-11)15-8-7-13(21-15)12-3-2-10-19-12/h2-10H,1H3. The number of carbonyl (C=O) groups is 1. The van der Waals surface area contributed by atoms with E-state index in [4.69, 9.17) is 0 Å². The molecule has 0 unspecified atom stereocenters. The van der Waals surface area contributed by atoms with Crippen molar-refractivity contribution in [2.24, 2.45) is 0 Å². The van der Waals surface area contributed by atoms with Gasteiger partial charge in [0, 0.05) is 30.5 Å². The van der Waals surface area contributed by atoms with Crippen LogP contribution in [0.2, 0.25) is 0 Å². The van der Waals surface area contributed by atoms with Gasteiger partial charge >= 0.3 is 5.97 Å². The third-order valence-corrected chi connectivity index (χ3v) is 6.22. The molecule has 0 aromatic carbocycles. The Labute approximate surface area is 135 Å². The highest BCUT2D eigenvalue weighted by Crippen LogP contribution is 2.39. The Morgan fingerprint density at radius 2 is 1.71 bits per heavy atom. The maximum atomic E-state index is 11.1. The molecule has 0 bridgehead atoms. The van der Waals surface area contributed by atoms with Crippen LogP contribution in [-0.2, 0) is 9.53 Å². The van der Waals surface area contributed by atoms with Crippen molar-refractivity contribution in [3.8, 4) is 19.5 Å². The number of methoxy groups -OCH3 is 1. The number of thiophene rings is 3. The number of carbonyl (C=O) groups excluding carboxylic acids is 1. The van der Waals surface area contributed by atoms with Crippen molar-refractivity contribution in [2.45, 2.75) is 0 Å². The van der Waals surface area contributed by atoms with Crippen LogP contribution in [0.5, 0.6) is 0 Å². The van der Waals surface area contributed by atoms with Crippen molar-refractivity contribution >= 4 is 46.1 Å². The first-order valence-corrected chi connectivity index (χ1v) is 8.77. The lowest BCUT2D eigenvalue weighted by atomic mass is 10.3. The van der Waals surface area contributed by atoms with E-state index in [0.29, 0.717) is 0 Å². The summed E-state index contributed by atoms with van der Waals surface area (Å²) in [7, 11) is 1.38. The summed E-state index contributed by atoms with van der Waals surface area (Å²) in [6.07, 6.45) is 3.23. The molecular formula is C16H12O2S3. The molecule has 0 fully saturated rings. The summed E-state index contributed by atoms with van der Waals surface area (Å²) in [5.74, 6) is -0.332. The lowest BCUT2D eigenvalue weighted by Gasteiger charge is -1.90. The summed E-state index contributed by atoms with van der Waals surface area (Å²) in [4.78, 5) is 17.2. The molecule has 3 aromatic rings. The van der Waals surface area contributed by atoms with E-state index in [9.17, 15) is 4.79 Å². The van der Waals surface area contributed by atoms with Crippen LogP contribution in [0, 0.1) is 0 Å². The highest BCUT2D eigenvalue weighted by molar-refractivity contribution is 7.26. The molecule has 0 radical (unpaired) electrons. The molecule has 3 heterocycles. The second-order valence-electron chi connectivity index (χ2n) is 4.20. The van der Waals surface area contributed by atoms with Gasteiger partial charge in [-0.1, -0.05) is 6.07 Å². The summed E-state index contributed by atoms with van der Waals surface area (Å²) < 4.78 is 4.59. The zero-order chi connectivity index (χ0) is 14.7. The van der Waals surface area contributed by atoms with Gasteiger partial charge < -0.3 is 4.74 Å². The SMILES string of the molecule is COC(=O)C=Cc1ccc(-c2ccc(-c3cccs3)s2)s1. The molecule has 2 nitrogen and oxygen atoms in total. The topological polar surface area (TPSA) is 26.3 Å². The van der Waals surface area contributed by atoms with E-state index in [-0.39, 0.29) is 5.97 Å². The molecule has 0 atom stereocenters. The van der Waals surface area contributed by atoms with Gasteiger partial charge in [0.2, 0.25) is 0 Å². The number of rotatable bonds is 4. The van der Waals surface area contributed by atoms with Crippen molar-refractivity contribution in [3.63, 3.8) is 0 Å². The van der Waals surface area contributed by atoms with Crippen molar-refractivity contribution < 1.29 is 9.53 Å². The highest BCUT2D eigenvalue weighted by atomic mass is 32.1. The monoisotopic (exact) mass is 332 g/mol. The summed E-state index contributed by atoms with van der Waals surface area (Å²) in [6.45, 7) is 0. The third kappa shape index (κ3) is 3.32. The average molecular weight is 332 g/mol. The van der Waals surface area contributed by atoms with E-state index in [0.717, 1.165) is 4.88 Å². The Kier molecular flexibility index (Phi) is 4.34. The Balaban J connectivity index is 1.80. The normalized spacial score (nSPS) is 11.1. The van der Waals surface area contributed by atoms with Crippen LogP contribution in [0.1, 0.15) is 4.88 Å². The fourth-order valence-corrected chi connectivity index (χ4v) is 4.66. The van der Waals surface area contributed by atoms with E-state index in [1.807, 2.05) is 6.07 Å². The molecule has 0 aliphatic heterocycles. The Morgan fingerprint density at radius 3 is 2.43 bits per heavy atom. The second-order valence-corrected chi connectivity index (χ2v) is 7.35. The fourth-order valence-electron chi connectivity index (χ4n) is 1.81. The number of hydrogen-bond acceptors (Lipinski definition) is 5. The van der Waals surface area contributed by atoms with Gasteiger partial charge in [-0.3, -0.25) is 0 Å². The molecule has 21 heavy (non-hydrogen) atoms. The maximum Gasteiger partial charge on any atom is 0.330 e. The zero-order valence-corrected chi connectivity index (χ0v) is 13.7. The summed E-state index contributed by atoms with van der Waals surface area (Å²) in [5.41, 5.74) is 0. The van der Waals surface area contributed by atoms with Gasteiger partial charge in [-0.25, -0.2) is 4.79 Å². The largest absolute Gasteiger partial charge is 0.466 e. The van der Waals surface area contributed by atoms with Crippen LogP contribution in [0.4, 0.5) is 0 Å².